The fourth-order valence-corrected chi connectivity index (χ4v) is 0.772. The van der Waals surface area contributed by atoms with E-state index in [4.69, 9.17) is 11.6 Å². The second-order valence-corrected chi connectivity index (χ2v) is 2.43. The molecule has 0 fully saturated rings. The number of nitrogens with zero attached hydrogens (tertiary/aromatic N) is 2. The number of halogens is 1. The molecule has 1 aromatic heterocycles. The van der Waals surface area contributed by atoms with Gasteiger partial charge in [0.15, 0.2) is 0 Å². The van der Waals surface area contributed by atoms with Gasteiger partial charge in [-0.1, -0.05) is 11.6 Å². The van der Waals surface area contributed by atoms with Gasteiger partial charge in [-0.25, -0.2) is 4.98 Å². The van der Waals surface area contributed by atoms with Gasteiger partial charge in [-0.05, 0) is 19.1 Å². The molecule has 0 bridgehead atoms. The van der Waals surface area contributed by atoms with Gasteiger partial charge in [0.1, 0.15) is 5.15 Å². The van der Waals surface area contributed by atoms with Crippen molar-refractivity contribution in [2.45, 2.75) is 6.92 Å². The number of hydrogen-bond acceptors (Lipinski definition) is 2. The molecule has 0 radical (unpaired) electrons. The Morgan fingerprint density at radius 2 is 2.45 bits per heavy atom. The zero-order chi connectivity index (χ0) is 8.10. The molecule has 0 aliphatic heterocycles. The number of hydrogen-bond donors (Lipinski definition) is 0. The van der Waals surface area contributed by atoms with Crippen molar-refractivity contribution in [1.29, 1.82) is 0 Å². The summed E-state index contributed by atoms with van der Waals surface area (Å²) in [6.45, 7) is 2.78. The third-order valence-corrected chi connectivity index (χ3v) is 1.40. The van der Waals surface area contributed by atoms with Crippen molar-refractivity contribution >= 4 is 17.8 Å². The van der Waals surface area contributed by atoms with Crippen LogP contribution in [0.2, 0.25) is 5.15 Å². The van der Waals surface area contributed by atoms with E-state index in [1.165, 1.54) is 0 Å². The Morgan fingerprint density at radius 3 is 3.00 bits per heavy atom. The maximum Gasteiger partial charge on any atom is 0.129 e. The summed E-state index contributed by atoms with van der Waals surface area (Å²) in [5.74, 6) is 0. The molecular formula is C8H9ClN2. The van der Waals surface area contributed by atoms with Crippen LogP contribution >= 0.6 is 11.6 Å². The molecule has 0 aromatic carbocycles. The number of aliphatic imine (C=N–C) groups is 1. The van der Waals surface area contributed by atoms with Crippen molar-refractivity contribution in [1.82, 2.24) is 4.98 Å². The van der Waals surface area contributed by atoms with E-state index in [1.54, 1.807) is 18.5 Å². The summed E-state index contributed by atoms with van der Waals surface area (Å²) in [6.07, 6.45) is 3.48. The minimum atomic E-state index is 0.513. The molecule has 0 aliphatic carbocycles. The summed E-state index contributed by atoms with van der Waals surface area (Å²) in [5, 5.41) is 0.513. The average molecular weight is 169 g/mol. The van der Waals surface area contributed by atoms with Gasteiger partial charge in [-0.15, -0.1) is 0 Å². The van der Waals surface area contributed by atoms with E-state index in [0.29, 0.717) is 5.15 Å². The maximum absolute atomic E-state index is 5.59. The molecule has 11 heavy (non-hydrogen) atoms. The highest BCUT2D eigenvalue weighted by Gasteiger charge is 1.87. The molecule has 1 rings (SSSR count). The largest absolute Gasteiger partial charge is 0.293 e. The molecule has 0 N–H and O–H groups in total. The molecule has 2 nitrogen and oxygen atoms in total. The van der Waals surface area contributed by atoms with Crippen LogP contribution in [-0.2, 0) is 0 Å². The van der Waals surface area contributed by atoms with Gasteiger partial charge in [0.25, 0.3) is 0 Å². The monoisotopic (exact) mass is 168 g/mol. The maximum atomic E-state index is 5.59. The quantitative estimate of drug-likeness (QED) is 0.491. The predicted molar refractivity (Wildman–Crippen MR) is 47.4 cm³/mol. The molecule has 0 spiro atoms. The Kier molecular flexibility index (Phi) is 3.05. The van der Waals surface area contributed by atoms with Gasteiger partial charge in [-0.2, -0.15) is 0 Å². The Labute approximate surface area is 70.9 Å². The van der Waals surface area contributed by atoms with Gasteiger partial charge < -0.3 is 0 Å². The second-order valence-electron chi connectivity index (χ2n) is 2.04. The van der Waals surface area contributed by atoms with E-state index >= 15 is 0 Å². The first-order valence-electron chi connectivity index (χ1n) is 3.44. The summed E-state index contributed by atoms with van der Waals surface area (Å²) in [6, 6.07) is 3.63. The van der Waals surface area contributed by atoms with Crippen molar-refractivity contribution in [3.05, 3.63) is 29.0 Å². The Hall–Kier alpha value is -0.890. The van der Waals surface area contributed by atoms with Gasteiger partial charge in [0.05, 0.1) is 0 Å². The highest BCUT2D eigenvalue weighted by atomic mass is 35.5. The predicted octanol–water partition coefficient (Wildman–Crippen LogP) is 2.17. The molecule has 3 heteroatoms. The van der Waals surface area contributed by atoms with Crippen LogP contribution in [0, 0.1) is 0 Å². The van der Waals surface area contributed by atoms with Crippen LogP contribution in [0.15, 0.2) is 23.3 Å². The van der Waals surface area contributed by atoms with E-state index in [2.05, 4.69) is 9.98 Å². The summed E-state index contributed by atoms with van der Waals surface area (Å²) < 4.78 is 0. The fraction of sp³-hybridized carbons (Fsp3) is 0.250. The van der Waals surface area contributed by atoms with Crippen LogP contribution in [0.4, 0.5) is 0 Å². The molecular weight excluding hydrogens is 160 g/mol. The van der Waals surface area contributed by atoms with E-state index in [1.807, 2.05) is 13.0 Å². The van der Waals surface area contributed by atoms with Crippen LogP contribution in [0.5, 0.6) is 0 Å². The van der Waals surface area contributed by atoms with E-state index in [-0.39, 0.29) is 0 Å². The minimum absolute atomic E-state index is 0.513. The lowest BCUT2D eigenvalue weighted by molar-refractivity contribution is 1.14. The third-order valence-electron chi connectivity index (χ3n) is 1.17. The first-order chi connectivity index (χ1) is 5.33. The van der Waals surface area contributed by atoms with Crippen LogP contribution in [0.3, 0.4) is 0 Å². The molecule has 1 heterocycles. The van der Waals surface area contributed by atoms with E-state index < -0.39 is 0 Å². The van der Waals surface area contributed by atoms with Gasteiger partial charge in [0.2, 0.25) is 0 Å². The number of aromatic nitrogens is 1. The molecule has 58 valence electrons. The van der Waals surface area contributed by atoms with Crippen molar-refractivity contribution in [2.24, 2.45) is 4.99 Å². The average Bonchev–Trinajstić information content (AvgIpc) is 2.04. The summed E-state index contributed by atoms with van der Waals surface area (Å²) >= 11 is 5.59. The summed E-state index contributed by atoms with van der Waals surface area (Å²) in [4.78, 5) is 7.97. The lowest BCUT2D eigenvalue weighted by atomic mass is 10.3. The third kappa shape index (κ3) is 2.68. The minimum Gasteiger partial charge on any atom is -0.293 e. The van der Waals surface area contributed by atoms with Crippen LogP contribution in [0.1, 0.15) is 12.5 Å². The normalized spacial score (nSPS) is 10.7. The lowest BCUT2D eigenvalue weighted by Gasteiger charge is -1.90. The molecule has 0 amide bonds. The number of rotatable bonds is 2. The Bertz CT molecular complexity index is 241. The van der Waals surface area contributed by atoms with Crippen LogP contribution in [0.25, 0.3) is 0 Å². The molecule has 0 saturated carbocycles. The van der Waals surface area contributed by atoms with Crippen molar-refractivity contribution in [3.63, 3.8) is 0 Å². The highest BCUT2D eigenvalue weighted by Crippen LogP contribution is 2.02. The van der Waals surface area contributed by atoms with Gasteiger partial charge in [0, 0.05) is 24.5 Å². The molecule has 1 aromatic rings. The summed E-state index contributed by atoms with van der Waals surface area (Å²) in [5.41, 5.74) is 0.983. The van der Waals surface area contributed by atoms with Crippen molar-refractivity contribution < 1.29 is 0 Å². The Morgan fingerprint density at radius 1 is 1.64 bits per heavy atom. The smallest absolute Gasteiger partial charge is 0.129 e. The first kappa shape index (κ1) is 8.21. The van der Waals surface area contributed by atoms with Crippen LogP contribution < -0.4 is 0 Å². The number of pyridine rings is 1. The van der Waals surface area contributed by atoms with Gasteiger partial charge >= 0.3 is 0 Å². The van der Waals surface area contributed by atoms with Crippen molar-refractivity contribution in [3.8, 4) is 0 Å². The lowest BCUT2D eigenvalue weighted by Crippen LogP contribution is -1.83. The van der Waals surface area contributed by atoms with Gasteiger partial charge in [-0.3, -0.25) is 4.99 Å². The zero-order valence-electron chi connectivity index (χ0n) is 6.29. The standard InChI is InChI=1S/C8H9ClN2/c1-2-10-5-7-3-4-8(9)11-6-7/h3-6H,2H2,1H3/b10-5+. The highest BCUT2D eigenvalue weighted by molar-refractivity contribution is 6.29. The van der Waals surface area contributed by atoms with E-state index in [0.717, 1.165) is 12.1 Å². The topological polar surface area (TPSA) is 25.2 Å². The SMILES string of the molecule is CC/N=C/c1ccc(Cl)nc1. The Balaban J connectivity index is 2.73. The van der Waals surface area contributed by atoms with E-state index in [9.17, 15) is 0 Å². The van der Waals surface area contributed by atoms with Crippen LogP contribution in [-0.4, -0.2) is 17.7 Å². The van der Waals surface area contributed by atoms with Crippen molar-refractivity contribution in [2.75, 3.05) is 6.54 Å². The summed E-state index contributed by atoms with van der Waals surface area (Å²) in [7, 11) is 0. The molecule has 0 aliphatic rings. The fourth-order valence-electron chi connectivity index (χ4n) is 0.660. The second kappa shape index (κ2) is 4.09. The molecule has 0 atom stereocenters. The molecule has 0 unspecified atom stereocenters. The zero-order valence-corrected chi connectivity index (χ0v) is 7.04. The first-order valence-corrected chi connectivity index (χ1v) is 3.82. The molecule has 0 saturated heterocycles.